The number of thiophene rings is 1. The highest BCUT2D eigenvalue weighted by atomic mass is 32.2. The Hall–Kier alpha value is -2.12. The van der Waals surface area contributed by atoms with Gasteiger partial charge in [-0.3, -0.25) is 9.59 Å². The maximum absolute atomic E-state index is 12.8. The number of aryl methyl sites for hydroxylation is 2. The van der Waals surface area contributed by atoms with Gasteiger partial charge in [-0.1, -0.05) is 30.0 Å². The summed E-state index contributed by atoms with van der Waals surface area (Å²) in [5.41, 5.74) is 4.73. The summed E-state index contributed by atoms with van der Waals surface area (Å²) in [4.78, 5) is 35.0. The zero-order valence-corrected chi connectivity index (χ0v) is 18.4. The number of hydrogen-bond donors (Lipinski definition) is 1. The van der Waals surface area contributed by atoms with Gasteiger partial charge in [0.15, 0.2) is 5.16 Å². The molecule has 1 aliphatic rings. The van der Waals surface area contributed by atoms with Crippen molar-refractivity contribution in [1.82, 2.24) is 14.9 Å². The van der Waals surface area contributed by atoms with E-state index in [1.165, 1.54) is 47.1 Å². The lowest BCUT2D eigenvalue weighted by molar-refractivity contribution is -0.127. The second kappa shape index (κ2) is 8.71. The minimum atomic E-state index is -0.137. The number of thioether (sulfide) groups is 1. The lowest BCUT2D eigenvalue weighted by Gasteiger charge is -2.17. The normalized spacial score (nSPS) is 13.4. The maximum Gasteiger partial charge on any atom is 0.260 e. The molecule has 0 spiro atoms. The van der Waals surface area contributed by atoms with Crippen molar-refractivity contribution in [3.05, 3.63) is 45.1 Å². The van der Waals surface area contributed by atoms with Gasteiger partial charge in [0, 0.05) is 24.0 Å². The quantitative estimate of drug-likeness (QED) is 0.465. The molecule has 1 aliphatic carbocycles. The third-order valence-corrected chi connectivity index (χ3v) is 7.26. The van der Waals surface area contributed by atoms with Crippen LogP contribution in [0.3, 0.4) is 0 Å². The molecule has 152 valence electrons. The molecule has 1 N–H and O–H groups in total. The summed E-state index contributed by atoms with van der Waals surface area (Å²) in [5.74, 6) is 0.336. The molecule has 2 aromatic heterocycles. The number of benzene rings is 1. The number of fused-ring (bicyclic) bond motifs is 2. The average Bonchev–Trinajstić information content (AvgIpc) is 3.17. The highest BCUT2D eigenvalue weighted by molar-refractivity contribution is 7.99. The molecule has 0 unspecified atom stereocenters. The number of hydrogen-bond acceptors (Lipinski definition) is 5. The Morgan fingerprint density at radius 1 is 1.21 bits per heavy atom. The van der Waals surface area contributed by atoms with Crippen LogP contribution in [0, 0.1) is 0 Å². The zero-order valence-electron chi connectivity index (χ0n) is 16.8. The van der Waals surface area contributed by atoms with Crippen LogP contribution in [0.25, 0.3) is 21.3 Å². The van der Waals surface area contributed by atoms with Crippen molar-refractivity contribution < 1.29 is 4.79 Å². The van der Waals surface area contributed by atoms with Gasteiger partial charge in [0.05, 0.1) is 11.1 Å². The molecule has 3 aromatic rings. The minimum absolute atomic E-state index is 0.0590. The van der Waals surface area contributed by atoms with E-state index in [-0.39, 0.29) is 17.2 Å². The number of aromatic amines is 1. The summed E-state index contributed by atoms with van der Waals surface area (Å²) in [6.07, 6.45) is 4.75. The third-order valence-electron chi connectivity index (χ3n) is 5.53. The van der Waals surface area contributed by atoms with Crippen LogP contribution in [0.1, 0.15) is 37.8 Å². The standard InChI is InChI=1S/C22H25N3O2S2/c1-3-25(4-2)18(26)13-29-22-23-20(27)19-17(12-28-21(19)24-22)16-10-9-14-7-5-6-8-15(14)11-16/h9-12H,3-8,13H2,1-2H3,(H,23,24,27). The van der Waals surface area contributed by atoms with E-state index in [1.807, 2.05) is 19.2 Å². The van der Waals surface area contributed by atoms with E-state index in [4.69, 9.17) is 0 Å². The fraction of sp³-hybridized carbons (Fsp3) is 0.409. The van der Waals surface area contributed by atoms with Crippen LogP contribution in [0.4, 0.5) is 0 Å². The Labute approximate surface area is 178 Å². The lowest BCUT2D eigenvalue weighted by atomic mass is 9.89. The molecule has 0 bridgehead atoms. The Morgan fingerprint density at radius 3 is 2.72 bits per heavy atom. The highest BCUT2D eigenvalue weighted by Crippen LogP contribution is 2.34. The number of rotatable bonds is 6. The molecule has 4 rings (SSSR count). The van der Waals surface area contributed by atoms with Crippen molar-refractivity contribution in [3.8, 4) is 11.1 Å². The largest absolute Gasteiger partial charge is 0.343 e. The second-order valence-corrected chi connectivity index (χ2v) is 9.07. The molecule has 7 heteroatoms. The number of carbonyl (C=O) groups excluding carboxylic acids is 1. The monoisotopic (exact) mass is 427 g/mol. The van der Waals surface area contributed by atoms with Crippen LogP contribution >= 0.6 is 23.1 Å². The van der Waals surface area contributed by atoms with Crippen molar-refractivity contribution >= 4 is 39.2 Å². The number of nitrogens with one attached hydrogen (secondary N) is 1. The highest BCUT2D eigenvalue weighted by Gasteiger charge is 2.17. The molecule has 2 heterocycles. The molecule has 0 radical (unpaired) electrons. The Morgan fingerprint density at radius 2 is 1.97 bits per heavy atom. The van der Waals surface area contributed by atoms with Crippen molar-refractivity contribution in [1.29, 1.82) is 0 Å². The van der Waals surface area contributed by atoms with Crippen LogP contribution in [0.15, 0.2) is 33.5 Å². The van der Waals surface area contributed by atoms with E-state index in [0.29, 0.717) is 23.6 Å². The molecule has 0 atom stereocenters. The minimum Gasteiger partial charge on any atom is -0.343 e. The molecule has 1 amide bonds. The number of H-pyrrole nitrogens is 1. The van der Waals surface area contributed by atoms with Gasteiger partial charge in [-0.2, -0.15) is 0 Å². The first-order chi connectivity index (χ1) is 14.1. The van der Waals surface area contributed by atoms with E-state index in [2.05, 4.69) is 28.2 Å². The van der Waals surface area contributed by atoms with Gasteiger partial charge in [0.1, 0.15) is 4.83 Å². The lowest BCUT2D eigenvalue weighted by Crippen LogP contribution is -2.32. The molecule has 0 saturated heterocycles. The van der Waals surface area contributed by atoms with Crippen LogP contribution in [-0.4, -0.2) is 39.6 Å². The van der Waals surface area contributed by atoms with Crippen molar-refractivity contribution in [2.24, 2.45) is 0 Å². The molecule has 1 aromatic carbocycles. The molecule has 5 nitrogen and oxygen atoms in total. The van der Waals surface area contributed by atoms with Gasteiger partial charge in [0.25, 0.3) is 5.56 Å². The van der Waals surface area contributed by atoms with E-state index < -0.39 is 0 Å². The summed E-state index contributed by atoms with van der Waals surface area (Å²) in [6.45, 7) is 5.31. The predicted octanol–water partition coefficient (Wildman–Crippen LogP) is 4.49. The first-order valence-electron chi connectivity index (χ1n) is 10.1. The van der Waals surface area contributed by atoms with Gasteiger partial charge >= 0.3 is 0 Å². The van der Waals surface area contributed by atoms with Crippen molar-refractivity contribution in [2.75, 3.05) is 18.8 Å². The predicted molar refractivity (Wildman–Crippen MR) is 121 cm³/mol. The Kier molecular flexibility index (Phi) is 6.06. The van der Waals surface area contributed by atoms with E-state index in [0.717, 1.165) is 28.8 Å². The maximum atomic E-state index is 12.8. The second-order valence-electron chi connectivity index (χ2n) is 7.25. The number of carbonyl (C=O) groups is 1. The number of nitrogens with zero attached hydrogens (tertiary/aromatic N) is 2. The molecular formula is C22H25N3O2S2. The van der Waals surface area contributed by atoms with Crippen LogP contribution in [0.2, 0.25) is 0 Å². The van der Waals surface area contributed by atoms with Crippen molar-refractivity contribution in [3.63, 3.8) is 0 Å². The smallest absolute Gasteiger partial charge is 0.260 e. The summed E-state index contributed by atoms with van der Waals surface area (Å²) < 4.78 is 0. The first kappa shape index (κ1) is 20.2. The summed E-state index contributed by atoms with van der Waals surface area (Å²) in [5, 5.41) is 3.17. The topological polar surface area (TPSA) is 66.1 Å². The van der Waals surface area contributed by atoms with Crippen LogP contribution in [0.5, 0.6) is 0 Å². The van der Waals surface area contributed by atoms with Crippen LogP contribution in [-0.2, 0) is 17.6 Å². The SMILES string of the molecule is CCN(CC)C(=O)CSc1nc2scc(-c3ccc4c(c3)CCCC4)c2c(=O)[nH]1. The third kappa shape index (κ3) is 4.12. The number of amides is 1. The Bertz CT molecular complexity index is 1100. The van der Waals surface area contributed by atoms with Gasteiger partial charge in [-0.25, -0.2) is 4.98 Å². The van der Waals surface area contributed by atoms with Gasteiger partial charge < -0.3 is 9.88 Å². The fourth-order valence-corrected chi connectivity index (χ4v) is 5.68. The van der Waals surface area contributed by atoms with Crippen molar-refractivity contribution in [2.45, 2.75) is 44.7 Å². The van der Waals surface area contributed by atoms with Crippen LogP contribution < -0.4 is 5.56 Å². The number of aromatic nitrogens is 2. The average molecular weight is 428 g/mol. The summed E-state index contributed by atoms with van der Waals surface area (Å²) in [6, 6.07) is 6.56. The summed E-state index contributed by atoms with van der Waals surface area (Å²) in [7, 11) is 0. The van der Waals surface area contributed by atoms with Gasteiger partial charge in [0.2, 0.25) is 5.91 Å². The fourth-order valence-electron chi connectivity index (χ4n) is 3.91. The molecule has 0 saturated carbocycles. The first-order valence-corrected chi connectivity index (χ1v) is 12.0. The molecule has 0 fully saturated rings. The van der Waals surface area contributed by atoms with E-state index in [9.17, 15) is 9.59 Å². The zero-order chi connectivity index (χ0) is 20.4. The molecule has 29 heavy (non-hydrogen) atoms. The van der Waals surface area contributed by atoms with E-state index >= 15 is 0 Å². The molecule has 0 aliphatic heterocycles. The van der Waals surface area contributed by atoms with Gasteiger partial charge in [-0.15, -0.1) is 11.3 Å². The Balaban J connectivity index is 1.61. The van der Waals surface area contributed by atoms with E-state index in [1.54, 1.807) is 4.90 Å². The van der Waals surface area contributed by atoms with Gasteiger partial charge in [-0.05, 0) is 56.2 Å². The molecular weight excluding hydrogens is 402 g/mol. The summed E-state index contributed by atoms with van der Waals surface area (Å²) >= 11 is 2.77.